The lowest BCUT2D eigenvalue weighted by Gasteiger charge is -2.28. The molecule has 3 heterocycles. The zero-order valence-electron chi connectivity index (χ0n) is 17.3. The van der Waals surface area contributed by atoms with Crippen molar-refractivity contribution in [1.82, 2.24) is 18.7 Å². The summed E-state index contributed by atoms with van der Waals surface area (Å²) in [7, 11) is 3.00. The fourth-order valence-electron chi connectivity index (χ4n) is 3.60. The molecule has 0 unspecified atom stereocenters. The zero-order chi connectivity index (χ0) is 22.1. The second kappa shape index (κ2) is 8.74. The molecule has 1 atom stereocenters. The third-order valence-corrected chi connectivity index (χ3v) is 5.52. The lowest BCUT2D eigenvalue weighted by Crippen LogP contribution is -2.39. The van der Waals surface area contributed by atoms with Crippen molar-refractivity contribution in [3.8, 4) is 5.75 Å². The van der Waals surface area contributed by atoms with Crippen LogP contribution >= 0.6 is 11.6 Å². The smallest absolute Gasteiger partial charge is 0.332 e. The van der Waals surface area contributed by atoms with E-state index in [1.54, 1.807) is 35.9 Å². The van der Waals surface area contributed by atoms with Gasteiger partial charge in [0.15, 0.2) is 11.2 Å². The molecular weight excluding hydrogens is 426 g/mol. The molecule has 3 aromatic rings. The van der Waals surface area contributed by atoms with Crippen molar-refractivity contribution in [2.45, 2.75) is 12.6 Å². The number of hydrogen-bond donors (Lipinski definition) is 1. The summed E-state index contributed by atoms with van der Waals surface area (Å²) in [5, 5.41) is 11.3. The first-order valence-corrected chi connectivity index (χ1v) is 10.3. The summed E-state index contributed by atoms with van der Waals surface area (Å²) in [6.45, 7) is 2.33. The standard InChI is InChI=1S/C20H24ClN5O5/c1-23-17-16(18(28)24(2)20(23)29)26(19(22-17)25-7-9-30-10-8-25)11-14(27)12-31-15-5-3-13(21)4-6-15/h3-6,14,27H,7-12H2,1-2H3/t14-/m0/s1. The molecule has 10 nitrogen and oxygen atoms in total. The summed E-state index contributed by atoms with van der Waals surface area (Å²) >= 11 is 5.88. The van der Waals surface area contributed by atoms with Crippen LogP contribution in [0.2, 0.25) is 5.02 Å². The van der Waals surface area contributed by atoms with Gasteiger partial charge in [0, 0.05) is 32.2 Å². The first-order valence-electron chi connectivity index (χ1n) is 9.92. The van der Waals surface area contributed by atoms with Crippen LogP contribution in [0.15, 0.2) is 33.9 Å². The number of fused-ring (bicyclic) bond motifs is 1. The van der Waals surface area contributed by atoms with Crippen molar-refractivity contribution < 1.29 is 14.6 Å². The molecule has 1 fully saturated rings. The number of halogens is 1. The minimum Gasteiger partial charge on any atom is -0.491 e. The summed E-state index contributed by atoms with van der Waals surface area (Å²) in [6.07, 6.45) is -0.921. The van der Waals surface area contributed by atoms with E-state index < -0.39 is 17.4 Å². The van der Waals surface area contributed by atoms with Gasteiger partial charge < -0.3 is 24.0 Å². The summed E-state index contributed by atoms with van der Waals surface area (Å²) < 4.78 is 15.1. The molecule has 0 aliphatic carbocycles. The lowest BCUT2D eigenvalue weighted by molar-refractivity contribution is 0.0927. The van der Waals surface area contributed by atoms with Crippen molar-refractivity contribution in [1.29, 1.82) is 0 Å². The number of hydrogen-bond acceptors (Lipinski definition) is 7. The number of nitrogens with zero attached hydrogens (tertiary/aromatic N) is 5. The van der Waals surface area contributed by atoms with Gasteiger partial charge in [0.05, 0.1) is 19.8 Å². The van der Waals surface area contributed by atoms with Crippen LogP contribution in [0.25, 0.3) is 11.2 Å². The summed E-state index contributed by atoms with van der Waals surface area (Å²) in [6, 6.07) is 6.83. The predicted octanol–water partition coefficient (Wildman–Crippen LogP) is 0.364. The number of anilines is 1. The third kappa shape index (κ3) is 4.18. The molecule has 4 rings (SSSR count). The Morgan fingerprint density at radius 1 is 1.16 bits per heavy atom. The van der Waals surface area contributed by atoms with E-state index in [0.717, 1.165) is 4.57 Å². The van der Waals surface area contributed by atoms with E-state index >= 15 is 0 Å². The first kappa shape index (κ1) is 21.4. The van der Waals surface area contributed by atoms with E-state index in [1.807, 2.05) is 4.90 Å². The average molecular weight is 450 g/mol. The largest absolute Gasteiger partial charge is 0.491 e. The van der Waals surface area contributed by atoms with Crippen LogP contribution in [0.3, 0.4) is 0 Å². The van der Waals surface area contributed by atoms with Gasteiger partial charge in [0.2, 0.25) is 5.95 Å². The maximum Gasteiger partial charge on any atom is 0.332 e. The highest BCUT2D eigenvalue weighted by atomic mass is 35.5. The Hall–Kier alpha value is -2.82. The highest BCUT2D eigenvalue weighted by Crippen LogP contribution is 2.22. The number of imidazole rings is 1. The van der Waals surface area contributed by atoms with E-state index in [9.17, 15) is 14.7 Å². The monoisotopic (exact) mass is 449 g/mol. The van der Waals surface area contributed by atoms with Crippen LogP contribution in [0.4, 0.5) is 5.95 Å². The fourth-order valence-corrected chi connectivity index (χ4v) is 3.73. The molecule has 1 aromatic carbocycles. The van der Waals surface area contributed by atoms with Crippen molar-refractivity contribution in [2.24, 2.45) is 14.1 Å². The second-order valence-corrected chi connectivity index (χ2v) is 7.85. The van der Waals surface area contributed by atoms with E-state index in [4.69, 9.17) is 21.1 Å². The minimum absolute atomic E-state index is 0.00986. The minimum atomic E-state index is -0.921. The van der Waals surface area contributed by atoms with Gasteiger partial charge in [-0.1, -0.05) is 11.6 Å². The normalized spacial score (nSPS) is 15.4. The molecule has 0 spiro atoms. The second-order valence-electron chi connectivity index (χ2n) is 7.42. The van der Waals surface area contributed by atoms with Crippen LogP contribution in [0.5, 0.6) is 5.75 Å². The number of aromatic nitrogens is 4. The number of ether oxygens (including phenoxy) is 2. The first-order chi connectivity index (χ1) is 14.9. The molecule has 0 bridgehead atoms. The fraction of sp³-hybridized carbons (Fsp3) is 0.450. The van der Waals surface area contributed by atoms with Crippen molar-refractivity contribution >= 4 is 28.7 Å². The maximum absolute atomic E-state index is 12.9. The Morgan fingerprint density at radius 2 is 1.84 bits per heavy atom. The lowest BCUT2D eigenvalue weighted by atomic mass is 10.3. The predicted molar refractivity (Wildman–Crippen MR) is 116 cm³/mol. The summed E-state index contributed by atoms with van der Waals surface area (Å²) in [4.78, 5) is 31.9. The molecule has 1 aliphatic rings. The van der Waals surface area contributed by atoms with Gasteiger partial charge in [-0.15, -0.1) is 0 Å². The van der Waals surface area contributed by atoms with E-state index in [2.05, 4.69) is 4.98 Å². The molecule has 1 aliphatic heterocycles. The van der Waals surface area contributed by atoms with Gasteiger partial charge >= 0.3 is 5.69 Å². The Morgan fingerprint density at radius 3 is 2.52 bits per heavy atom. The van der Waals surface area contributed by atoms with Crippen molar-refractivity contribution in [2.75, 3.05) is 37.8 Å². The average Bonchev–Trinajstić information content (AvgIpc) is 3.15. The summed E-state index contributed by atoms with van der Waals surface area (Å²) in [5.41, 5.74) is -0.379. The number of rotatable bonds is 6. The Labute approximate surface area is 182 Å². The maximum atomic E-state index is 12.9. The Kier molecular flexibility index (Phi) is 6.03. The number of benzene rings is 1. The Balaban J connectivity index is 1.69. The van der Waals surface area contributed by atoms with Gasteiger partial charge in [-0.2, -0.15) is 4.98 Å². The number of aliphatic hydroxyl groups excluding tert-OH is 1. The topological polar surface area (TPSA) is 104 Å². The van der Waals surface area contributed by atoms with Crippen molar-refractivity contribution in [3.63, 3.8) is 0 Å². The SMILES string of the molecule is Cn1c(=O)c2c(nc(N3CCOCC3)n2C[C@H](O)COc2ccc(Cl)cc2)n(C)c1=O. The molecule has 31 heavy (non-hydrogen) atoms. The van der Waals surface area contributed by atoms with Gasteiger partial charge in [0.25, 0.3) is 5.56 Å². The van der Waals surface area contributed by atoms with E-state index in [1.165, 1.54) is 11.6 Å². The van der Waals surface area contributed by atoms with Crippen LogP contribution < -0.4 is 20.9 Å². The Bertz CT molecular complexity index is 1190. The molecule has 1 saturated heterocycles. The van der Waals surface area contributed by atoms with Crippen LogP contribution in [-0.2, 0) is 25.4 Å². The van der Waals surface area contributed by atoms with Crippen LogP contribution in [0, 0.1) is 0 Å². The highest BCUT2D eigenvalue weighted by Gasteiger charge is 2.25. The molecule has 0 radical (unpaired) electrons. The van der Waals surface area contributed by atoms with Crippen LogP contribution in [-0.4, -0.2) is 62.8 Å². The number of aliphatic hydroxyl groups is 1. The number of aryl methyl sites for hydroxylation is 1. The quantitative estimate of drug-likeness (QED) is 0.579. The van der Waals surface area contributed by atoms with E-state index in [0.29, 0.717) is 43.0 Å². The third-order valence-electron chi connectivity index (χ3n) is 5.27. The highest BCUT2D eigenvalue weighted by molar-refractivity contribution is 6.30. The number of morpholine rings is 1. The van der Waals surface area contributed by atoms with Crippen molar-refractivity contribution in [3.05, 3.63) is 50.1 Å². The van der Waals surface area contributed by atoms with Gasteiger partial charge in [0.1, 0.15) is 18.5 Å². The molecular formula is C20H24ClN5O5. The van der Waals surface area contributed by atoms with E-state index in [-0.39, 0.29) is 24.3 Å². The molecule has 2 aromatic heterocycles. The van der Waals surface area contributed by atoms with Gasteiger partial charge in [-0.3, -0.25) is 13.9 Å². The molecule has 11 heteroatoms. The molecule has 1 N–H and O–H groups in total. The van der Waals surface area contributed by atoms with Crippen LogP contribution in [0.1, 0.15) is 0 Å². The van der Waals surface area contributed by atoms with Gasteiger partial charge in [-0.05, 0) is 24.3 Å². The van der Waals surface area contributed by atoms with Gasteiger partial charge in [-0.25, -0.2) is 4.79 Å². The molecule has 166 valence electrons. The molecule has 0 amide bonds. The molecule has 0 saturated carbocycles. The zero-order valence-corrected chi connectivity index (χ0v) is 18.1. The summed E-state index contributed by atoms with van der Waals surface area (Å²) in [5.74, 6) is 1.09.